The van der Waals surface area contributed by atoms with Gasteiger partial charge in [-0.3, -0.25) is 0 Å². The molecule has 0 saturated carbocycles. The van der Waals surface area contributed by atoms with Crippen molar-refractivity contribution in [2.75, 3.05) is 0 Å². The van der Waals surface area contributed by atoms with Gasteiger partial charge in [-0.2, -0.15) is 0 Å². The molecule has 1 aromatic carbocycles. The van der Waals surface area contributed by atoms with Gasteiger partial charge in [-0.15, -0.1) is 11.3 Å². The van der Waals surface area contributed by atoms with Gasteiger partial charge < -0.3 is 4.79 Å². The second-order valence-corrected chi connectivity index (χ2v) is 4.14. The lowest BCUT2D eigenvalue weighted by atomic mass is 10.1. The summed E-state index contributed by atoms with van der Waals surface area (Å²) in [6.45, 7) is 1.99. The first kappa shape index (κ1) is 8.38. The fraction of sp³-hybridized carbons (Fsp3) is 0.200. The van der Waals surface area contributed by atoms with E-state index in [9.17, 15) is 4.79 Å². The van der Waals surface area contributed by atoms with Crippen LogP contribution >= 0.6 is 11.3 Å². The quantitative estimate of drug-likeness (QED) is 0.682. The summed E-state index contributed by atoms with van der Waals surface area (Å²) in [5.41, 5.74) is 2.04. The molecule has 2 aromatic rings. The van der Waals surface area contributed by atoms with Gasteiger partial charge in [0.05, 0.1) is 15.2 Å². The molecule has 0 unspecified atom stereocenters. The van der Waals surface area contributed by atoms with Crippen molar-refractivity contribution in [3.63, 3.8) is 0 Å². The number of aromatic nitrogens is 1. The SMILES string of the molecule is Cc1nc2cc(CC=O)ccc2s1. The van der Waals surface area contributed by atoms with E-state index in [1.165, 1.54) is 4.70 Å². The standard InChI is InChI=1S/C10H9NOS/c1-7-11-9-6-8(4-5-12)2-3-10(9)13-7/h2-3,5-6H,4H2,1H3. The van der Waals surface area contributed by atoms with Crippen LogP contribution in [-0.2, 0) is 11.2 Å². The Bertz CT molecular complexity index is 447. The molecule has 0 aliphatic carbocycles. The minimum absolute atomic E-state index is 0.479. The Balaban J connectivity index is 2.54. The number of aryl methyl sites for hydroxylation is 1. The number of nitrogens with zero attached hydrogens (tertiary/aromatic N) is 1. The molecule has 0 fully saturated rings. The third kappa shape index (κ3) is 1.60. The Morgan fingerprint density at radius 2 is 2.38 bits per heavy atom. The van der Waals surface area contributed by atoms with Gasteiger partial charge in [-0.25, -0.2) is 4.98 Å². The Morgan fingerprint density at radius 3 is 3.15 bits per heavy atom. The summed E-state index contributed by atoms with van der Waals surface area (Å²) in [6, 6.07) is 5.99. The molecule has 3 heteroatoms. The van der Waals surface area contributed by atoms with Crippen LogP contribution < -0.4 is 0 Å². The van der Waals surface area contributed by atoms with Crippen molar-refractivity contribution in [1.82, 2.24) is 4.98 Å². The number of thiazole rings is 1. The molecule has 1 heterocycles. The zero-order chi connectivity index (χ0) is 9.26. The largest absolute Gasteiger partial charge is 0.303 e. The predicted molar refractivity (Wildman–Crippen MR) is 54.1 cm³/mol. The molecule has 0 aliphatic heterocycles. The van der Waals surface area contributed by atoms with Crippen molar-refractivity contribution in [2.24, 2.45) is 0 Å². The molecule has 0 bridgehead atoms. The molecule has 13 heavy (non-hydrogen) atoms. The number of hydrogen-bond donors (Lipinski definition) is 0. The molecule has 0 N–H and O–H groups in total. The van der Waals surface area contributed by atoms with Gasteiger partial charge in [0.2, 0.25) is 0 Å². The van der Waals surface area contributed by atoms with Crippen LogP contribution in [0.4, 0.5) is 0 Å². The van der Waals surface area contributed by atoms with Crippen LogP contribution in [0.25, 0.3) is 10.2 Å². The lowest BCUT2D eigenvalue weighted by Gasteiger charge is -1.93. The normalized spacial score (nSPS) is 10.5. The highest BCUT2D eigenvalue weighted by Crippen LogP contribution is 2.22. The highest BCUT2D eigenvalue weighted by molar-refractivity contribution is 7.18. The first-order chi connectivity index (χ1) is 6.29. The average Bonchev–Trinajstić information content (AvgIpc) is 2.44. The van der Waals surface area contributed by atoms with Gasteiger partial charge in [0.15, 0.2) is 0 Å². The van der Waals surface area contributed by atoms with Gasteiger partial charge in [-0.1, -0.05) is 6.07 Å². The second-order valence-electron chi connectivity index (χ2n) is 2.91. The smallest absolute Gasteiger partial charge is 0.124 e. The van der Waals surface area contributed by atoms with E-state index in [0.717, 1.165) is 22.4 Å². The molecule has 0 atom stereocenters. The van der Waals surface area contributed by atoms with Crippen LogP contribution in [0.3, 0.4) is 0 Å². The van der Waals surface area contributed by atoms with Gasteiger partial charge in [0.1, 0.15) is 6.29 Å². The Labute approximate surface area is 80.2 Å². The first-order valence-corrected chi connectivity index (χ1v) is 4.91. The lowest BCUT2D eigenvalue weighted by molar-refractivity contribution is -0.107. The molecule has 0 amide bonds. The van der Waals surface area contributed by atoms with E-state index in [0.29, 0.717) is 6.42 Å². The van der Waals surface area contributed by atoms with Crippen molar-refractivity contribution in [3.8, 4) is 0 Å². The van der Waals surface area contributed by atoms with E-state index in [4.69, 9.17) is 0 Å². The summed E-state index contributed by atoms with van der Waals surface area (Å²) < 4.78 is 1.19. The fourth-order valence-corrected chi connectivity index (χ4v) is 2.12. The molecule has 0 radical (unpaired) electrons. The van der Waals surface area contributed by atoms with Crippen LogP contribution in [0.2, 0.25) is 0 Å². The topological polar surface area (TPSA) is 30.0 Å². The number of rotatable bonds is 2. The van der Waals surface area contributed by atoms with E-state index in [1.807, 2.05) is 25.1 Å². The zero-order valence-corrected chi connectivity index (χ0v) is 8.10. The van der Waals surface area contributed by atoms with Crippen LogP contribution in [0.1, 0.15) is 10.6 Å². The highest BCUT2D eigenvalue weighted by Gasteiger charge is 2.00. The number of fused-ring (bicyclic) bond motifs is 1. The van der Waals surface area contributed by atoms with E-state index in [1.54, 1.807) is 11.3 Å². The molecule has 0 aliphatic rings. The summed E-state index contributed by atoms with van der Waals surface area (Å²) in [4.78, 5) is 14.7. The lowest BCUT2D eigenvalue weighted by Crippen LogP contribution is -1.84. The minimum atomic E-state index is 0.479. The van der Waals surface area contributed by atoms with Gasteiger partial charge in [-0.05, 0) is 24.6 Å². The third-order valence-electron chi connectivity index (χ3n) is 1.88. The summed E-state index contributed by atoms with van der Waals surface area (Å²) in [6.07, 6.45) is 1.40. The fourth-order valence-electron chi connectivity index (χ4n) is 1.31. The third-order valence-corrected chi connectivity index (χ3v) is 2.83. The maximum Gasteiger partial charge on any atom is 0.124 e. The van der Waals surface area contributed by atoms with Crippen LogP contribution in [0, 0.1) is 6.92 Å². The van der Waals surface area contributed by atoms with Crippen molar-refractivity contribution in [1.29, 1.82) is 0 Å². The zero-order valence-electron chi connectivity index (χ0n) is 7.28. The molecule has 2 rings (SSSR count). The molecular formula is C10H9NOS. The Kier molecular flexibility index (Phi) is 2.10. The summed E-state index contributed by atoms with van der Waals surface area (Å²) in [5.74, 6) is 0. The molecule has 66 valence electrons. The maximum absolute atomic E-state index is 10.3. The molecule has 1 aromatic heterocycles. The van der Waals surface area contributed by atoms with Gasteiger partial charge >= 0.3 is 0 Å². The van der Waals surface area contributed by atoms with Crippen LogP contribution in [0.5, 0.6) is 0 Å². The van der Waals surface area contributed by atoms with Crippen molar-refractivity contribution in [3.05, 3.63) is 28.8 Å². The summed E-state index contributed by atoms with van der Waals surface area (Å²) in [5, 5.41) is 1.07. The molecule has 2 nitrogen and oxygen atoms in total. The second kappa shape index (κ2) is 3.26. The average molecular weight is 191 g/mol. The van der Waals surface area contributed by atoms with E-state index in [-0.39, 0.29) is 0 Å². The number of hydrogen-bond acceptors (Lipinski definition) is 3. The van der Waals surface area contributed by atoms with Gasteiger partial charge in [0, 0.05) is 6.42 Å². The monoisotopic (exact) mass is 191 g/mol. The summed E-state index contributed by atoms with van der Waals surface area (Å²) >= 11 is 1.68. The van der Waals surface area contributed by atoms with Crippen molar-refractivity contribution < 1.29 is 4.79 Å². The maximum atomic E-state index is 10.3. The van der Waals surface area contributed by atoms with E-state index < -0.39 is 0 Å². The Morgan fingerprint density at radius 1 is 1.54 bits per heavy atom. The highest BCUT2D eigenvalue weighted by atomic mass is 32.1. The van der Waals surface area contributed by atoms with Crippen LogP contribution in [-0.4, -0.2) is 11.3 Å². The van der Waals surface area contributed by atoms with E-state index in [2.05, 4.69) is 4.98 Å². The van der Waals surface area contributed by atoms with Gasteiger partial charge in [0.25, 0.3) is 0 Å². The predicted octanol–water partition coefficient (Wildman–Crippen LogP) is 2.35. The van der Waals surface area contributed by atoms with Crippen molar-refractivity contribution in [2.45, 2.75) is 13.3 Å². The number of aldehydes is 1. The Hall–Kier alpha value is -1.22. The van der Waals surface area contributed by atoms with Crippen molar-refractivity contribution >= 4 is 27.8 Å². The van der Waals surface area contributed by atoms with E-state index >= 15 is 0 Å². The van der Waals surface area contributed by atoms with Crippen LogP contribution in [0.15, 0.2) is 18.2 Å². The molecule has 0 spiro atoms. The molecule has 0 saturated heterocycles. The number of carbonyl (C=O) groups is 1. The number of carbonyl (C=O) groups excluding carboxylic acids is 1. The first-order valence-electron chi connectivity index (χ1n) is 4.09. The molecular weight excluding hydrogens is 182 g/mol. The summed E-state index contributed by atoms with van der Waals surface area (Å²) in [7, 11) is 0. The minimum Gasteiger partial charge on any atom is -0.303 e. The number of benzene rings is 1.